The van der Waals surface area contributed by atoms with Gasteiger partial charge in [0.05, 0.1) is 11.6 Å². The molecule has 3 nitrogen and oxygen atoms in total. The molecule has 0 heterocycles. The van der Waals surface area contributed by atoms with E-state index in [9.17, 15) is 9.50 Å². The largest absolute Gasteiger partial charge is 0.508 e. The van der Waals surface area contributed by atoms with Crippen molar-refractivity contribution in [1.82, 2.24) is 5.32 Å². The molecule has 0 aliphatic rings. The fourth-order valence-electron chi connectivity index (χ4n) is 1.99. The highest BCUT2D eigenvalue weighted by atomic mass is 35.5. The number of phenolic OH excluding ortho intramolecular Hbond substituents is 1. The van der Waals surface area contributed by atoms with Crippen molar-refractivity contribution in [1.29, 1.82) is 0 Å². The van der Waals surface area contributed by atoms with Crippen molar-refractivity contribution >= 4 is 34.6 Å². The van der Waals surface area contributed by atoms with Crippen molar-refractivity contribution < 1.29 is 9.50 Å². The van der Waals surface area contributed by atoms with Gasteiger partial charge in [0.25, 0.3) is 0 Å². The second kappa shape index (κ2) is 7.42. The van der Waals surface area contributed by atoms with Gasteiger partial charge in [-0.3, -0.25) is 0 Å². The minimum atomic E-state index is -0.484. The Labute approximate surface area is 139 Å². The molecular formula is C16H16ClFN2OS. The standard InChI is InChI=1S/C16H16ClFN2OS/c1-2-19-16(22)20(10-11-5-3-4-6-15(11)21)12-7-8-14(18)13(17)9-12/h3-9,21H,2,10H2,1H3,(H,19,22). The van der Waals surface area contributed by atoms with E-state index in [2.05, 4.69) is 5.32 Å². The van der Waals surface area contributed by atoms with Crippen molar-refractivity contribution in [3.05, 3.63) is 58.9 Å². The molecule has 0 aliphatic heterocycles. The Bertz CT molecular complexity index is 681. The SMILES string of the molecule is CCNC(=S)N(Cc1ccccc1O)c1ccc(F)c(Cl)c1. The number of nitrogens with zero attached hydrogens (tertiary/aromatic N) is 1. The lowest BCUT2D eigenvalue weighted by atomic mass is 10.1. The van der Waals surface area contributed by atoms with Gasteiger partial charge in [-0.1, -0.05) is 29.8 Å². The number of hydrogen-bond acceptors (Lipinski definition) is 2. The van der Waals surface area contributed by atoms with Crippen LogP contribution in [0.4, 0.5) is 10.1 Å². The number of para-hydroxylation sites is 1. The molecule has 116 valence electrons. The molecule has 0 saturated carbocycles. The van der Waals surface area contributed by atoms with E-state index in [1.807, 2.05) is 19.1 Å². The summed E-state index contributed by atoms with van der Waals surface area (Å²) in [6, 6.07) is 11.4. The maximum Gasteiger partial charge on any atom is 0.173 e. The number of thiocarbonyl (C=S) groups is 1. The van der Waals surface area contributed by atoms with Crippen molar-refractivity contribution in [2.45, 2.75) is 13.5 Å². The van der Waals surface area contributed by atoms with E-state index in [-0.39, 0.29) is 10.8 Å². The van der Waals surface area contributed by atoms with E-state index in [1.165, 1.54) is 12.1 Å². The number of phenols is 1. The van der Waals surface area contributed by atoms with Crippen LogP contribution in [0, 0.1) is 5.82 Å². The number of rotatable bonds is 4. The molecular weight excluding hydrogens is 323 g/mol. The number of aromatic hydroxyl groups is 1. The maximum absolute atomic E-state index is 13.4. The zero-order valence-corrected chi connectivity index (χ0v) is 13.6. The normalized spacial score (nSPS) is 10.3. The molecule has 22 heavy (non-hydrogen) atoms. The fraction of sp³-hybridized carbons (Fsp3) is 0.188. The van der Waals surface area contributed by atoms with E-state index < -0.39 is 5.82 Å². The highest BCUT2D eigenvalue weighted by Gasteiger charge is 2.15. The molecule has 0 radical (unpaired) electrons. The predicted molar refractivity (Wildman–Crippen MR) is 92.0 cm³/mol. The number of nitrogens with one attached hydrogen (secondary N) is 1. The Balaban J connectivity index is 2.36. The van der Waals surface area contributed by atoms with Gasteiger partial charge < -0.3 is 15.3 Å². The van der Waals surface area contributed by atoms with Gasteiger partial charge in [-0.25, -0.2) is 4.39 Å². The minimum Gasteiger partial charge on any atom is -0.508 e. The summed E-state index contributed by atoms with van der Waals surface area (Å²) in [6.45, 7) is 2.94. The Hall–Kier alpha value is -1.85. The van der Waals surface area contributed by atoms with E-state index in [0.717, 1.165) is 0 Å². The van der Waals surface area contributed by atoms with Gasteiger partial charge in [0, 0.05) is 17.8 Å². The number of halogens is 2. The Kier molecular flexibility index (Phi) is 5.57. The monoisotopic (exact) mass is 338 g/mol. The molecule has 0 fully saturated rings. The first-order chi connectivity index (χ1) is 10.5. The van der Waals surface area contributed by atoms with E-state index in [0.29, 0.717) is 29.5 Å². The lowest BCUT2D eigenvalue weighted by molar-refractivity contribution is 0.468. The van der Waals surface area contributed by atoms with E-state index >= 15 is 0 Å². The Morgan fingerprint density at radius 3 is 2.68 bits per heavy atom. The summed E-state index contributed by atoms with van der Waals surface area (Å²) >= 11 is 11.2. The Morgan fingerprint density at radius 2 is 2.05 bits per heavy atom. The average molecular weight is 339 g/mol. The average Bonchev–Trinajstić information content (AvgIpc) is 2.49. The first-order valence-corrected chi connectivity index (χ1v) is 7.58. The number of benzene rings is 2. The molecule has 0 aliphatic carbocycles. The van der Waals surface area contributed by atoms with Crippen LogP contribution in [0.15, 0.2) is 42.5 Å². The third-order valence-corrected chi connectivity index (χ3v) is 3.76. The van der Waals surface area contributed by atoms with Crippen LogP contribution in [0.25, 0.3) is 0 Å². The molecule has 0 bridgehead atoms. The molecule has 2 aromatic rings. The summed E-state index contributed by atoms with van der Waals surface area (Å²) < 4.78 is 13.4. The third-order valence-electron chi connectivity index (χ3n) is 3.11. The highest BCUT2D eigenvalue weighted by molar-refractivity contribution is 7.80. The first kappa shape index (κ1) is 16.5. The fourth-order valence-corrected chi connectivity index (χ4v) is 2.48. The molecule has 0 spiro atoms. The lowest BCUT2D eigenvalue weighted by Gasteiger charge is -2.26. The van der Waals surface area contributed by atoms with Crippen LogP contribution in [0.1, 0.15) is 12.5 Å². The van der Waals surface area contributed by atoms with Gasteiger partial charge in [-0.05, 0) is 43.4 Å². The zero-order valence-electron chi connectivity index (χ0n) is 12.0. The summed E-state index contributed by atoms with van der Waals surface area (Å²) in [6.07, 6.45) is 0. The second-order valence-corrected chi connectivity index (χ2v) is 5.44. The van der Waals surface area contributed by atoms with Gasteiger partial charge in [0.2, 0.25) is 0 Å². The molecule has 0 aromatic heterocycles. The highest BCUT2D eigenvalue weighted by Crippen LogP contribution is 2.26. The summed E-state index contributed by atoms with van der Waals surface area (Å²) in [5, 5.41) is 13.5. The van der Waals surface area contributed by atoms with Gasteiger partial charge in [0.15, 0.2) is 5.11 Å². The third kappa shape index (κ3) is 3.87. The van der Waals surface area contributed by atoms with Gasteiger partial charge in [-0.2, -0.15) is 0 Å². The minimum absolute atomic E-state index is 0.0269. The van der Waals surface area contributed by atoms with Crippen LogP contribution in [-0.2, 0) is 6.54 Å². The van der Waals surface area contributed by atoms with Crippen LogP contribution in [0.2, 0.25) is 5.02 Å². The summed E-state index contributed by atoms with van der Waals surface area (Å²) in [7, 11) is 0. The van der Waals surface area contributed by atoms with Crippen LogP contribution >= 0.6 is 23.8 Å². The maximum atomic E-state index is 13.4. The lowest BCUT2D eigenvalue weighted by Crippen LogP contribution is -2.39. The Morgan fingerprint density at radius 1 is 1.32 bits per heavy atom. The van der Waals surface area contributed by atoms with Crippen molar-refractivity contribution in [2.24, 2.45) is 0 Å². The van der Waals surface area contributed by atoms with Crippen molar-refractivity contribution in [3.8, 4) is 5.75 Å². The summed E-state index contributed by atoms with van der Waals surface area (Å²) in [5.41, 5.74) is 1.36. The van der Waals surface area contributed by atoms with Crippen molar-refractivity contribution in [3.63, 3.8) is 0 Å². The molecule has 0 amide bonds. The molecule has 2 aromatic carbocycles. The van der Waals surface area contributed by atoms with Crippen LogP contribution in [0.3, 0.4) is 0 Å². The van der Waals surface area contributed by atoms with Crippen LogP contribution < -0.4 is 10.2 Å². The molecule has 2 rings (SSSR count). The summed E-state index contributed by atoms with van der Waals surface area (Å²) in [4.78, 5) is 1.76. The van der Waals surface area contributed by atoms with Crippen LogP contribution in [-0.4, -0.2) is 16.8 Å². The quantitative estimate of drug-likeness (QED) is 0.823. The van der Waals surface area contributed by atoms with E-state index in [4.69, 9.17) is 23.8 Å². The number of anilines is 1. The number of hydrogen-bond donors (Lipinski definition) is 2. The van der Waals surface area contributed by atoms with Gasteiger partial charge in [-0.15, -0.1) is 0 Å². The molecule has 2 N–H and O–H groups in total. The molecule has 0 saturated heterocycles. The van der Waals surface area contributed by atoms with Crippen LogP contribution in [0.5, 0.6) is 5.75 Å². The summed E-state index contributed by atoms with van der Waals surface area (Å²) in [5.74, 6) is -0.303. The van der Waals surface area contributed by atoms with Crippen molar-refractivity contribution in [2.75, 3.05) is 11.4 Å². The van der Waals surface area contributed by atoms with E-state index in [1.54, 1.807) is 23.1 Å². The van der Waals surface area contributed by atoms with Gasteiger partial charge >= 0.3 is 0 Å². The van der Waals surface area contributed by atoms with Gasteiger partial charge in [0.1, 0.15) is 11.6 Å². The molecule has 0 unspecified atom stereocenters. The first-order valence-electron chi connectivity index (χ1n) is 6.80. The molecule has 6 heteroatoms. The predicted octanol–water partition coefficient (Wildman–Crippen LogP) is 4.09. The zero-order chi connectivity index (χ0) is 16.1. The topological polar surface area (TPSA) is 35.5 Å². The smallest absolute Gasteiger partial charge is 0.173 e. The molecule has 0 atom stereocenters. The second-order valence-electron chi connectivity index (χ2n) is 4.65.